The Kier molecular flexibility index (Phi) is 3.97. The van der Waals surface area contributed by atoms with E-state index in [0.29, 0.717) is 15.8 Å². The van der Waals surface area contributed by atoms with Crippen LogP contribution in [0.5, 0.6) is 0 Å². The first-order valence-corrected chi connectivity index (χ1v) is 6.53. The summed E-state index contributed by atoms with van der Waals surface area (Å²) in [7, 11) is 0. The molecule has 0 bridgehead atoms. The van der Waals surface area contributed by atoms with E-state index in [9.17, 15) is 4.79 Å². The molecule has 5 heteroatoms. The molecule has 1 aliphatic heterocycles. The molecule has 0 spiro atoms. The van der Waals surface area contributed by atoms with Crippen molar-refractivity contribution in [1.29, 1.82) is 0 Å². The van der Waals surface area contributed by atoms with Crippen LogP contribution in [0.15, 0.2) is 12.1 Å². The van der Waals surface area contributed by atoms with Crippen LogP contribution in [0.1, 0.15) is 22.5 Å². The second kappa shape index (κ2) is 5.27. The third kappa shape index (κ3) is 2.63. The molecule has 0 saturated carbocycles. The van der Waals surface area contributed by atoms with E-state index in [2.05, 4.69) is 4.90 Å². The number of rotatable bonds is 4. The molecular formula is C11H14ClNO2S. The van der Waals surface area contributed by atoms with Gasteiger partial charge in [-0.25, -0.2) is 0 Å². The zero-order valence-electron chi connectivity index (χ0n) is 8.86. The molecule has 1 unspecified atom stereocenters. The van der Waals surface area contributed by atoms with Crippen LogP contribution >= 0.6 is 22.9 Å². The fourth-order valence-electron chi connectivity index (χ4n) is 2.04. The van der Waals surface area contributed by atoms with Crippen molar-refractivity contribution in [3.8, 4) is 0 Å². The Balaban J connectivity index is 1.97. The lowest BCUT2D eigenvalue weighted by molar-refractivity contribution is 0.0892. The lowest BCUT2D eigenvalue weighted by Crippen LogP contribution is -2.36. The number of aliphatic hydroxyl groups excluding tert-OH is 1. The molecule has 1 atom stereocenters. The lowest BCUT2D eigenvalue weighted by atomic mass is 10.2. The van der Waals surface area contributed by atoms with Crippen LogP contribution in [0, 0.1) is 0 Å². The molecule has 1 saturated heterocycles. The van der Waals surface area contributed by atoms with Gasteiger partial charge in [-0.3, -0.25) is 9.69 Å². The standard InChI is InChI=1S/C11H14ClNO2S/c12-11-4-3-10(16-11)9(15)6-13-5-1-2-8(13)7-14/h3-4,8,14H,1-2,5-7H2. The van der Waals surface area contributed by atoms with Gasteiger partial charge in [-0.1, -0.05) is 11.6 Å². The molecule has 1 aromatic rings. The Labute approximate surface area is 104 Å². The second-order valence-corrected chi connectivity index (χ2v) is 5.69. The zero-order chi connectivity index (χ0) is 11.5. The number of ketones is 1. The molecule has 2 rings (SSSR count). The average Bonchev–Trinajstić information content (AvgIpc) is 2.86. The molecular weight excluding hydrogens is 246 g/mol. The quantitative estimate of drug-likeness (QED) is 0.842. The summed E-state index contributed by atoms with van der Waals surface area (Å²) < 4.78 is 0.642. The first kappa shape index (κ1) is 12.0. The number of nitrogens with zero attached hydrogens (tertiary/aromatic N) is 1. The third-order valence-corrected chi connectivity index (χ3v) is 4.18. The third-order valence-electron chi connectivity index (χ3n) is 2.90. The van der Waals surface area contributed by atoms with E-state index in [1.165, 1.54) is 11.3 Å². The Bertz CT molecular complexity index is 380. The Hall–Kier alpha value is -0.420. The highest BCUT2D eigenvalue weighted by molar-refractivity contribution is 7.18. The van der Waals surface area contributed by atoms with Crippen LogP contribution in [-0.4, -0.2) is 41.5 Å². The van der Waals surface area contributed by atoms with Crippen molar-refractivity contribution in [2.45, 2.75) is 18.9 Å². The van der Waals surface area contributed by atoms with Gasteiger partial charge in [0.1, 0.15) is 0 Å². The van der Waals surface area contributed by atoms with Gasteiger partial charge >= 0.3 is 0 Å². The number of carbonyl (C=O) groups excluding carboxylic acids is 1. The van der Waals surface area contributed by atoms with E-state index in [0.717, 1.165) is 19.4 Å². The molecule has 1 aliphatic rings. The monoisotopic (exact) mass is 259 g/mol. The van der Waals surface area contributed by atoms with Gasteiger partial charge in [-0.15, -0.1) is 11.3 Å². The van der Waals surface area contributed by atoms with E-state index < -0.39 is 0 Å². The van der Waals surface area contributed by atoms with E-state index >= 15 is 0 Å². The molecule has 2 heterocycles. The summed E-state index contributed by atoms with van der Waals surface area (Å²) in [5, 5.41) is 9.15. The molecule has 16 heavy (non-hydrogen) atoms. The summed E-state index contributed by atoms with van der Waals surface area (Å²) in [4.78, 5) is 14.7. The molecule has 0 aromatic carbocycles. The van der Waals surface area contributed by atoms with Gasteiger partial charge in [0, 0.05) is 6.04 Å². The van der Waals surface area contributed by atoms with E-state index in [-0.39, 0.29) is 18.4 Å². The number of hydrogen-bond acceptors (Lipinski definition) is 4. The highest BCUT2D eigenvalue weighted by atomic mass is 35.5. The van der Waals surface area contributed by atoms with Crippen molar-refractivity contribution in [2.75, 3.05) is 19.7 Å². The van der Waals surface area contributed by atoms with Crippen LogP contribution in [0.2, 0.25) is 4.34 Å². The Morgan fingerprint density at radius 1 is 1.62 bits per heavy atom. The van der Waals surface area contributed by atoms with Crippen LogP contribution in [0.4, 0.5) is 0 Å². The minimum Gasteiger partial charge on any atom is -0.395 e. The Morgan fingerprint density at radius 3 is 3.06 bits per heavy atom. The number of aliphatic hydroxyl groups is 1. The molecule has 1 fully saturated rings. The SMILES string of the molecule is O=C(CN1CCCC1CO)c1ccc(Cl)s1. The highest BCUT2D eigenvalue weighted by Crippen LogP contribution is 2.23. The van der Waals surface area contributed by atoms with Crippen LogP contribution in [0.3, 0.4) is 0 Å². The number of Topliss-reactive ketones (excluding diaryl/α,β-unsaturated/α-hetero) is 1. The van der Waals surface area contributed by atoms with Gasteiger partial charge in [0.25, 0.3) is 0 Å². The normalized spacial score (nSPS) is 21.5. The van der Waals surface area contributed by atoms with Crippen LogP contribution in [-0.2, 0) is 0 Å². The van der Waals surface area contributed by atoms with Crippen molar-refractivity contribution in [2.24, 2.45) is 0 Å². The number of carbonyl (C=O) groups is 1. The molecule has 0 amide bonds. The number of halogens is 1. The number of thiophene rings is 1. The highest BCUT2D eigenvalue weighted by Gasteiger charge is 2.26. The van der Waals surface area contributed by atoms with Crippen molar-refractivity contribution < 1.29 is 9.90 Å². The average molecular weight is 260 g/mol. The summed E-state index contributed by atoms with van der Waals surface area (Å²) in [5.41, 5.74) is 0. The Morgan fingerprint density at radius 2 is 2.44 bits per heavy atom. The molecule has 0 aliphatic carbocycles. The molecule has 88 valence electrons. The van der Waals surface area contributed by atoms with Gasteiger partial charge in [0.2, 0.25) is 0 Å². The fraction of sp³-hybridized carbons (Fsp3) is 0.545. The summed E-state index contributed by atoms with van der Waals surface area (Å²) >= 11 is 7.10. The van der Waals surface area contributed by atoms with Gasteiger partial charge in [0.05, 0.1) is 22.4 Å². The first-order chi connectivity index (χ1) is 7.70. The van der Waals surface area contributed by atoms with Crippen molar-refractivity contribution in [1.82, 2.24) is 4.90 Å². The minimum atomic E-state index is 0.0947. The predicted molar refractivity (Wildman–Crippen MR) is 65.3 cm³/mol. The molecule has 3 nitrogen and oxygen atoms in total. The maximum Gasteiger partial charge on any atom is 0.186 e. The van der Waals surface area contributed by atoms with Crippen LogP contribution < -0.4 is 0 Å². The molecule has 1 N–H and O–H groups in total. The fourth-order valence-corrected chi connectivity index (χ4v) is 3.01. The maximum absolute atomic E-state index is 11.9. The molecule has 0 radical (unpaired) electrons. The summed E-state index contributed by atoms with van der Waals surface area (Å²) in [6.45, 7) is 1.43. The van der Waals surface area contributed by atoms with Gasteiger partial charge in [-0.2, -0.15) is 0 Å². The second-order valence-electron chi connectivity index (χ2n) is 3.98. The van der Waals surface area contributed by atoms with Gasteiger partial charge < -0.3 is 5.11 Å². The van der Waals surface area contributed by atoms with E-state index in [1.54, 1.807) is 12.1 Å². The smallest absolute Gasteiger partial charge is 0.186 e. The van der Waals surface area contributed by atoms with Crippen molar-refractivity contribution >= 4 is 28.7 Å². The maximum atomic E-state index is 11.9. The number of likely N-dealkylation sites (tertiary alicyclic amines) is 1. The largest absolute Gasteiger partial charge is 0.395 e. The summed E-state index contributed by atoms with van der Waals surface area (Å²) in [5.74, 6) is 0.0947. The van der Waals surface area contributed by atoms with Crippen molar-refractivity contribution in [3.63, 3.8) is 0 Å². The summed E-state index contributed by atoms with van der Waals surface area (Å²) in [6, 6.07) is 3.66. The first-order valence-electron chi connectivity index (χ1n) is 5.34. The van der Waals surface area contributed by atoms with Gasteiger partial charge in [-0.05, 0) is 31.5 Å². The van der Waals surface area contributed by atoms with E-state index in [1.807, 2.05) is 0 Å². The van der Waals surface area contributed by atoms with Crippen molar-refractivity contribution in [3.05, 3.63) is 21.3 Å². The minimum absolute atomic E-state index is 0.0947. The topological polar surface area (TPSA) is 40.5 Å². The molecule has 1 aromatic heterocycles. The lowest BCUT2D eigenvalue weighted by Gasteiger charge is -2.21. The van der Waals surface area contributed by atoms with Crippen LogP contribution in [0.25, 0.3) is 0 Å². The number of hydrogen-bond donors (Lipinski definition) is 1. The zero-order valence-corrected chi connectivity index (χ0v) is 10.4. The summed E-state index contributed by atoms with van der Waals surface area (Å²) in [6.07, 6.45) is 2.04. The predicted octanol–water partition coefficient (Wildman–Crippen LogP) is 2.04. The van der Waals surface area contributed by atoms with E-state index in [4.69, 9.17) is 16.7 Å². The van der Waals surface area contributed by atoms with Gasteiger partial charge in [0.15, 0.2) is 5.78 Å².